The minimum atomic E-state index is -0.358. The SMILES string of the molecule is CCOC(=O)c1ccc(N2CCCN(CC(=O)NCCOc3ccccc3)CC2)nc1. The van der Waals surface area contributed by atoms with E-state index < -0.39 is 0 Å². The Morgan fingerprint density at radius 3 is 2.65 bits per heavy atom. The minimum absolute atomic E-state index is 0.00188. The minimum Gasteiger partial charge on any atom is -0.492 e. The fourth-order valence-electron chi connectivity index (χ4n) is 3.40. The molecule has 0 radical (unpaired) electrons. The Kier molecular flexibility index (Phi) is 8.66. The largest absolute Gasteiger partial charge is 0.492 e. The second-order valence-electron chi connectivity index (χ2n) is 7.25. The molecule has 1 aliphatic heterocycles. The molecule has 1 amide bonds. The van der Waals surface area contributed by atoms with Gasteiger partial charge >= 0.3 is 5.97 Å². The van der Waals surface area contributed by atoms with Crippen LogP contribution in [-0.2, 0) is 9.53 Å². The molecule has 1 fully saturated rings. The van der Waals surface area contributed by atoms with Gasteiger partial charge in [-0.3, -0.25) is 9.69 Å². The summed E-state index contributed by atoms with van der Waals surface area (Å²) >= 11 is 0. The van der Waals surface area contributed by atoms with Gasteiger partial charge in [-0.1, -0.05) is 18.2 Å². The predicted molar refractivity (Wildman–Crippen MR) is 118 cm³/mol. The van der Waals surface area contributed by atoms with Crippen LogP contribution in [0.15, 0.2) is 48.7 Å². The van der Waals surface area contributed by atoms with Gasteiger partial charge in [0.1, 0.15) is 18.2 Å². The lowest BCUT2D eigenvalue weighted by atomic mass is 10.2. The number of hydrogen-bond acceptors (Lipinski definition) is 7. The van der Waals surface area contributed by atoms with Crippen LogP contribution in [0.3, 0.4) is 0 Å². The normalized spacial score (nSPS) is 14.5. The number of esters is 1. The molecular weight excluding hydrogens is 396 g/mol. The molecule has 0 unspecified atom stereocenters. The fourth-order valence-corrected chi connectivity index (χ4v) is 3.40. The molecule has 0 aliphatic carbocycles. The molecule has 166 valence electrons. The third-order valence-electron chi connectivity index (χ3n) is 4.97. The lowest BCUT2D eigenvalue weighted by Crippen LogP contribution is -2.40. The zero-order valence-corrected chi connectivity index (χ0v) is 18.0. The first kappa shape index (κ1) is 22.6. The van der Waals surface area contributed by atoms with Crippen LogP contribution in [-0.4, -0.2) is 74.2 Å². The number of pyridine rings is 1. The van der Waals surface area contributed by atoms with Crippen molar-refractivity contribution in [1.82, 2.24) is 15.2 Å². The number of rotatable bonds is 9. The van der Waals surface area contributed by atoms with Crippen molar-refractivity contribution in [2.45, 2.75) is 13.3 Å². The molecule has 8 heteroatoms. The van der Waals surface area contributed by atoms with Crippen LogP contribution in [0, 0.1) is 0 Å². The summed E-state index contributed by atoms with van der Waals surface area (Å²) in [5, 5.41) is 2.92. The summed E-state index contributed by atoms with van der Waals surface area (Å²) in [6.07, 6.45) is 2.49. The number of nitrogens with one attached hydrogen (secondary N) is 1. The smallest absolute Gasteiger partial charge is 0.339 e. The van der Waals surface area contributed by atoms with Crippen molar-refractivity contribution >= 4 is 17.7 Å². The third-order valence-corrected chi connectivity index (χ3v) is 4.97. The van der Waals surface area contributed by atoms with E-state index in [-0.39, 0.29) is 11.9 Å². The number of hydrogen-bond donors (Lipinski definition) is 1. The Morgan fingerprint density at radius 1 is 1.06 bits per heavy atom. The molecule has 1 aliphatic rings. The summed E-state index contributed by atoms with van der Waals surface area (Å²) in [6, 6.07) is 13.1. The molecule has 31 heavy (non-hydrogen) atoms. The summed E-state index contributed by atoms with van der Waals surface area (Å²) in [7, 11) is 0. The van der Waals surface area contributed by atoms with Gasteiger partial charge in [-0.15, -0.1) is 0 Å². The number of nitrogens with zero attached hydrogens (tertiary/aromatic N) is 3. The molecule has 1 aromatic carbocycles. The number of anilines is 1. The average Bonchev–Trinajstić information content (AvgIpc) is 3.03. The summed E-state index contributed by atoms with van der Waals surface area (Å²) in [5.74, 6) is 1.27. The highest BCUT2D eigenvalue weighted by Crippen LogP contribution is 2.15. The molecule has 3 rings (SSSR count). The van der Waals surface area contributed by atoms with Crippen LogP contribution in [0.2, 0.25) is 0 Å². The maximum Gasteiger partial charge on any atom is 0.339 e. The Morgan fingerprint density at radius 2 is 1.90 bits per heavy atom. The Balaban J connectivity index is 1.39. The van der Waals surface area contributed by atoms with E-state index in [2.05, 4.69) is 20.1 Å². The van der Waals surface area contributed by atoms with E-state index in [0.717, 1.165) is 44.2 Å². The van der Waals surface area contributed by atoms with Gasteiger partial charge in [0.2, 0.25) is 5.91 Å². The highest BCUT2D eigenvalue weighted by atomic mass is 16.5. The number of benzene rings is 1. The standard InChI is InChI=1S/C23H30N4O4/c1-2-30-23(29)19-9-10-21(25-17-19)27-13-6-12-26(14-15-27)18-22(28)24-11-16-31-20-7-4-3-5-8-20/h3-5,7-10,17H,2,6,11-16,18H2,1H3,(H,24,28). The Labute approximate surface area is 183 Å². The van der Waals surface area contributed by atoms with E-state index in [4.69, 9.17) is 9.47 Å². The maximum atomic E-state index is 12.3. The first-order valence-electron chi connectivity index (χ1n) is 10.7. The van der Waals surface area contributed by atoms with Crippen LogP contribution < -0.4 is 15.0 Å². The van der Waals surface area contributed by atoms with Gasteiger partial charge in [0.05, 0.1) is 25.3 Å². The number of carbonyl (C=O) groups is 2. The fraction of sp³-hybridized carbons (Fsp3) is 0.435. The molecule has 1 saturated heterocycles. The van der Waals surface area contributed by atoms with Gasteiger partial charge in [0.15, 0.2) is 0 Å². The van der Waals surface area contributed by atoms with Crippen molar-refractivity contribution in [3.63, 3.8) is 0 Å². The van der Waals surface area contributed by atoms with Crippen LogP contribution in [0.1, 0.15) is 23.7 Å². The Hall–Kier alpha value is -3.13. The van der Waals surface area contributed by atoms with Crippen LogP contribution in [0.4, 0.5) is 5.82 Å². The zero-order valence-electron chi connectivity index (χ0n) is 18.0. The van der Waals surface area contributed by atoms with Gasteiger partial charge in [-0.25, -0.2) is 9.78 Å². The highest BCUT2D eigenvalue weighted by Gasteiger charge is 2.18. The number of para-hydroxylation sites is 1. The predicted octanol–water partition coefficient (Wildman–Crippen LogP) is 1.97. The summed E-state index contributed by atoms with van der Waals surface area (Å²) in [6.45, 7) is 6.67. The van der Waals surface area contributed by atoms with Crippen molar-refractivity contribution in [2.24, 2.45) is 0 Å². The molecule has 0 saturated carbocycles. The average molecular weight is 427 g/mol. The van der Waals surface area contributed by atoms with E-state index in [1.165, 1.54) is 0 Å². The lowest BCUT2D eigenvalue weighted by molar-refractivity contribution is -0.122. The molecule has 1 aromatic heterocycles. The summed E-state index contributed by atoms with van der Waals surface area (Å²) < 4.78 is 10.6. The molecule has 0 spiro atoms. The number of carbonyl (C=O) groups excluding carboxylic acids is 2. The number of amides is 1. The van der Waals surface area contributed by atoms with Crippen molar-refractivity contribution in [3.8, 4) is 5.75 Å². The second kappa shape index (κ2) is 11.9. The van der Waals surface area contributed by atoms with E-state index in [9.17, 15) is 9.59 Å². The highest BCUT2D eigenvalue weighted by molar-refractivity contribution is 5.89. The van der Waals surface area contributed by atoms with Crippen molar-refractivity contribution in [1.29, 1.82) is 0 Å². The lowest BCUT2D eigenvalue weighted by Gasteiger charge is -2.22. The van der Waals surface area contributed by atoms with Gasteiger partial charge < -0.3 is 19.7 Å². The monoisotopic (exact) mass is 426 g/mol. The van der Waals surface area contributed by atoms with Gasteiger partial charge in [0.25, 0.3) is 0 Å². The molecule has 2 heterocycles. The molecule has 0 bridgehead atoms. The van der Waals surface area contributed by atoms with Crippen molar-refractivity contribution in [3.05, 3.63) is 54.2 Å². The van der Waals surface area contributed by atoms with Crippen LogP contribution in [0.25, 0.3) is 0 Å². The molecule has 0 atom stereocenters. The zero-order chi connectivity index (χ0) is 21.9. The van der Waals surface area contributed by atoms with E-state index in [0.29, 0.717) is 31.9 Å². The number of ether oxygens (including phenoxy) is 2. The first-order chi connectivity index (χ1) is 15.2. The molecular formula is C23H30N4O4. The van der Waals surface area contributed by atoms with Crippen LogP contribution in [0.5, 0.6) is 5.75 Å². The van der Waals surface area contributed by atoms with Gasteiger partial charge in [-0.05, 0) is 37.6 Å². The quantitative estimate of drug-likeness (QED) is 0.485. The van der Waals surface area contributed by atoms with Crippen molar-refractivity contribution in [2.75, 3.05) is 57.4 Å². The van der Waals surface area contributed by atoms with E-state index >= 15 is 0 Å². The van der Waals surface area contributed by atoms with E-state index in [1.54, 1.807) is 19.2 Å². The number of aromatic nitrogens is 1. The van der Waals surface area contributed by atoms with Gasteiger partial charge in [0, 0.05) is 32.4 Å². The third kappa shape index (κ3) is 7.25. The molecule has 2 aromatic rings. The first-order valence-corrected chi connectivity index (χ1v) is 10.7. The Bertz CT molecular complexity index is 829. The topological polar surface area (TPSA) is 84.0 Å². The van der Waals surface area contributed by atoms with Crippen molar-refractivity contribution < 1.29 is 19.1 Å². The molecule has 8 nitrogen and oxygen atoms in total. The molecule has 1 N–H and O–H groups in total. The van der Waals surface area contributed by atoms with E-state index in [1.807, 2.05) is 36.4 Å². The summed E-state index contributed by atoms with van der Waals surface area (Å²) in [4.78, 5) is 32.8. The van der Waals surface area contributed by atoms with Gasteiger partial charge in [-0.2, -0.15) is 0 Å². The summed E-state index contributed by atoms with van der Waals surface area (Å²) in [5.41, 5.74) is 0.454. The van der Waals surface area contributed by atoms with Crippen LogP contribution >= 0.6 is 0 Å². The second-order valence-corrected chi connectivity index (χ2v) is 7.25. The maximum absolute atomic E-state index is 12.3.